The highest BCUT2D eigenvalue weighted by Gasteiger charge is 2.19. The Morgan fingerprint density at radius 2 is 2.15 bits per heavy atom. The van der Waals surface area contributed by atoms with Crippen molar-refractivity contribution < 1.29 is 14.3 Å². The normalized spacial score (nSPS) is 10.2. The summed E-state index contributed by atoms with van der Waals surface area (Å²) in [6.45, 7) is -0.193. The summed E-state index contributed by atoms with van der Waals surface area (Å²) in [6, 6.07) is 7.08. The van der Waals surface area contributed by atoms with Crippen molar-refractivity contribution in [2.75, 3.05) is 12.8 Å². The van der Waals surface area contributed by atoms with Gasteiger partial charge in [0, 0.05) is 5.56 Å². The fourth-order valence-electron chi connectivity index (χ4n) is 1.91. The van der Waals surface area contributed by atoms with E-state index in [4.69, 9.17) is 16.2 Å². The van der Waals surface area contributed by atoms with E-state index < -0.39 is 5.91 Å². The van der Waals surface area contributed by atoms with Gasteiger partial charge in [-0.1, -0.05) is 12.1 Å². The van der Waals surface area contributed by atoms with Crippen molar-refractivity contribution in [1.29, 1.82) is 0 Å². The highest BCUT2D eigenvalue weighted by atomic mass is 16.5. The number of methoxy groups -OCH3 is 1. The highest BCUT2D eigenvalue weighted by molar-refractivity contribution is 5.93. The smallest absolute Gasteiger partial charge is 0.239 e. The average Bonchev–Trinajstić information content (AvgIpc) is 2.74. The molecule has 0 aliphatic rings. The molecular formula is C13H14N4O3. The molecule has 0 unspecified atom stereocenters. The lowest BCUT2D eigenvalue weighted by atomic mass is 10.1. The molecule has 2 rings (SSSR count). The molecule has 1 amide bonds. The molecule has 0 fully saturated rings. The fourth-order valence-corrected chi connectivity index (χ4v) is 1.91. The Kier molecular flexibility index (Phi) is 3.69. The summed E-state index contributed by atoms with van der Waals surface area (Å²) < 4.78 is 6.43. The third-order valence-corrected chi connectivity index (χ3v) is 2.82. The van der Waals surface area contributed by atoms with E-state index in [-0.39, 0.29) is 17.9 Å². The van der Waals surface area contributed by atoms with Crippen LogP contribution in [-0.2, 0) is 11.3 Å². The summed E-state index contributed by atoms with van der Waals surface area (Å²) in [4.78, 5) is 22.2. The molecule has 1 heterocycles. The summed E-state index contributed by atoms with van der Waals surface area (Å²) in [5, 5.41) is 4.18. The molecule has 7 heteroatoms. The van der Waals surface area contributed by atoms with Gasteiger partial charge < -0.3 is 16.2 Å². The van der Waals surface area contributed by atoms with Gasteiger partial charge in [0.2, 0.25) is 5.91 Å². The Balaban J connectivity index is 2.61. The van der Waals surface area contributed by atoms with Gasteiger partial charge >= 0.3 is 0 Å². The molecule has 0 radical (unpaired) electrons. The third kappa shape index (κ3) is 2.33. The number of ether oxygens (including phenoxy) is 1. The van der Waals surface area contributed by atoms with Crippen LogP contribution < -0.4 is 16.2 Å². The van der Waals surface area contributed by atoms with Crippen molar-refractivity contribution in [2.24, 2.45) is 5.73 Å². The number of benzene rings is 1. The van der Waals surface area contributed by atoms with Crippen molar-refractivity contribution in [3.63, 3.8) is 0 Å². The number of aromatic nitrogens is 2. The predicted molar refractivity (Wildman–Crippen MR) is 73.2 cm³/mol. The van der Waals surface area contributed by atoms with Crippen LogP contribution in [0, 0.1) is 0 Å². The molecule has 20 heavy (non-hydrogen) atoms. The maximum Gasteiger partial charge on any atom is 0.239 e. The van der Waals surface area contributed by atoms with Gasteiger partial charge in [0.05, 0.1) is 12.7 Å². The van der Waals surface area contributed by atoms with Gasteiger partial charge in [0.1, 0.15) is 23.8 Å². The summed E-state index contributed by atoms with van der Waals surface area (Å²) in [7, 11) is 1.52. The minimum atomic E-state index is -0.594. The lowest BCUT2D eigenvalue weighted by Gasteiger charge is -2.05. The Morgan fingerprint density at radius 1 is 1.45 bits per heavy atom. The van der Waals surface area contributed by atoms with E-state index in [0.717, 1.165) is 0 Å². The number of nitrogen functional groups attached to an aromatic ring is 1. The number of rotatable bonds is 5. The van der Waals surface area contributed by atoms with Crippen LogP contribution >= 0.6 is 0 Å². The van der Waals surface area contributed by atoms with Crippen LogP contribution in [0.25, 0.3) is 11.3 Å². The summed E-state index contributed by atoms with van der Waals surface area (Å²) >= 11 is 0. The quantitative estimate of drug-likeness (QED) is 0.768. The summed E-state index contributed by atoms with van der Waals surface area (Å²) in [6.07, 6.45) is 0.599. The molecule has 0 saturated carbocycles. The number of nitrogens with zero attached hydrogens (tertiary/aromatic N) is 2. The van der Waals surface area contributed by atoms with Gasteiger partial charge in [-0.25, -0.2) is 4.68 Å². The molecule has 0 saturated heterocycles. The zero-order valence-electron chi connectivity index (χ0n) is 10.9. The van der Waals surface area contributed by atoms with Crippen molar-refractivity contribution >= 4 is 18.0 Å². The van der Waals surface area contributed by atoms with Crippen molar-refractivity contribution in [3.05, 3.63) is 29.8 Å². The molecule has 0 spiro atoms. The number of primary amides is 1. The van der Waals surface area contributed by atoms with Crippen molar-refractivity contribution in [3.8, 4) is 17.0 Å². The SMILES string of the molecule is COc1ccccc1-c1nn(CC(N)=O)c(N)c1C=O. The predicted octanol–water partition coefficient (Wildman–Crippen LogP) is 0.439. The molecular weight excluding hydrogens is 260 g/mol. The minimum Gasteiger partial charge on any atom is -0.496 e. The Hall–Kier alpha value is -2.83. The van der Waals surface area contributed by atoms with Crippen LogP contribution in [0.4, 0.5) is 5.82 Å². The maximum atomic E-state index is 11.2. The molecule has 104 valence electrons. The zero-order chi connectivity index (χ0) is 14.7. The number of para-hydroxylation sites is 1. The molecule has 7 nitrogen and oxygen atoms in total. The lowest BCUT2D eigenvalue weighted by Crippen LogP contribution is -2.20. The molecule has 1 aromatic heterocycles. The number of hydrogen-bond donors (Lipinski definition) is 2. The van der Waals surface area contributed by atoms with Gasteiger partial charge in [-0.2, -0.15) is 5.10 Å². The first-order chi connectivity index (χ1) is 9.58. The minimum absolute atomic E-state index is 0.0970. The number of hydrogen-bond acceptors (Lipinski definition) is 5. The van der Waals surface area contributed by atoms with E-state index in [1.54, 1.807) is 24.3 Å². The van der Waals surface area contributed by atoms with Crippen LogP contribution in [0.5, 0.6) is 5.75 Å². The largest absolute Gasteiger partial charge is 0.496 e. The molecule has 4 N–H and O–H groups in total. The van der Waals surface area contributed by atoms with Crippen LogP contribution in [0.15, 0.2) is 24.3 Å². The van der Waals surface area contributed by atoms with Crippen LogP contribution in [0.2, 0.25) is 0 Å². The molecule has 0 aliphatic carbocycles. The highest BCUT2D eigenvalue weighted by Crippen LogP contribution is 2.32. The first-order valence-electron chi connectivity index (χ1n) is 5.81. The van der Waals surface area contributed by atoms with Gasteiger partial charge in [0.15, 0.2) is 6.29 Å². The second kappa shape index (κ2) is 5.43. The Morgan fingerprint density at radius 3 is 2.75 bits per heavy atom. The van der Waals surface area contributed by atoms with Gasteiger partial charge in [-0.15, -0.1) is 0 Å². The molecule has 2 aromatic rings. The number of nitrogens with two attached hydrogens (primary N) is 2. The molecule has 0 atom stereocenters. The lowest BCUT2D eigenvalue weighted by molar-refractivity contribution is -0.118. The van der Waals surface area contributed by atoms with E-state index in [0.29, 0.717) is 23.3 Å². The monoisotopic (exact) mass is 274 g/mol. The van der Waals surface area contributed by atoms with Gasteiger partial charge in [-0.3, -0.25) is 9.59 Å². The first-order valence-corrected chi connectivity index (χ1v) is 5.81. The van der Waals surface area contributed by atoms with Crippen LogP contribution in [0.3, 0.4) is 0 Å². The average molecular weight is 274 g/mol. The number of carbonyl (C=O) groups excluding carboxylic acids is 2. The Labute approximate surface area is 115 Å². The third-order valence-electron chi connectivity index (χ3n) is 2.82. The molecule has 0 aliphatic heterocycles. The van der Waals surface area contributed by atoms with Crippen LogP contribution in [-0.4, -0.2) is 29.1 Å². The van der Waals surface area contributed by atoms with Gasteiger partial charge in [0.25, 0.3) is 0 Å². The van der Waals surface area contributed by atoms with Crippen molar-refractivity contribution in [2.45, 2.75) is 6.54 Å². The van der Waals surface area contributed by atoms with Crippen LogP contribution in [0.1, 0.15) is 10.4 Å². The topological polar surface area (TPSA) is 113 Å². The van der Waals surface area contributed by atoms with E-state index in [2.05, 4.69) is 5.10 Å². The van der Waals surface area contributed by atoms with Gasteiger partial charge in [-0.05, 0) is 12.1 Å². The number of aldehydes is 1. The molecule has 1 aromatic carbocycles. The van der Waals surface area contributed by atoms with E-state index >= 15 is 0 Å². The number of carbonyl (C=O) groups is 2. The van der Waals surface area contributed by atoms with Crippen molar-refractivity contribution in [1.82, 2.24) is 9.78 Å². The second-order valence-electron chi connectivity index (χ2n) is 4.09. The second-order valence-corrected chi connectivity index (χ2v) is 4.09. The summed E-state index contributed by atoms with van der Waals surface area (Å²) in [5.74, 6) is 0.0576. The maximum absolute atomic E-state index is 11.2. The Bertz CT molecular complexity index is 664. The van der Waals surface area contributed by atoms with E-state index in [1.165, 1.54) is 11.8 Å². The standard InChI is InChI=1S/C13H14N4O3/c1-20-10-5-3-2-4-8(10)12-9(7-18)13(15)17(16-12)6-11(14)19/h2-5,7H,6,15H2,1H3,(H2,14,19). The number of amides is 1. The number of anilines is 1. The summed E-state index contributed by atoms with van der Waals surface area (Å²) in [5.41, 5.74) is 12.1. The first kappa shape index (κ1) is 13.6. The fraction of sp³-hybridized carbons (Fsp3) is 0.154. The molecule has 0 bridgehead atoms. The van der Waals surface area contributed by atoms with E-state index in [9.17, 15) is 9.59 Å². The van der Waals surface area contributed by atoms with E-state index in [1.807, 2.05) is 0 Å². The zero-order valence-corrected chi connectivity index (χ0v) is 10.9.